The summed E-state index contributed by atoms with van der Waals surface area (Å²) in [6.45, 7) is 6.60. The zero-order chi connectivity index (χ0) is 31.6. The predicted molar refractivity (Wildman–Crippen MR) is 180 cm³/mol. The van der Waals surface area contributed by atoms with Gasteiger partial charge in [0.05, 0.1) is 12.6 Å². The SMILES string of the molecule is CN1CCN(c2ccc(C(=O)N3CCN(c4cc(C(=O)Cc5cc6cc(-c7cnn(C)c7)ccc6cn5)ccn4)CC3)cc2)CC1. The van der Waals surface area contributed by atoms with Gasteiger partial charge >= 0.3 is 0 Å². The van der Waals surface area contributed by atoms with E-state index in [0.29, 0.717) is 37.3 Å². The molecule has 5 aromatic rings. The summed E-state index contributed by atoms with van der Waals surface area (Å²) in [6.07, 6.45) is 7.55. The molecule has 2 aromatic carbocycles. The Hall–Kier alpha value is -5.09. The summed E-state index contributed by atoms with van der Waals surface area (Å²) < 4.78 is 1.79. The minimum atomic E-state index is -0.00671. The zero-order valence-corrected chi connectivity index (χ0v) is 26.3. The number of hydrogen-bond acceptors (Lipinski definition) is 8. The van der Waals surface area contributed by atoms with Crippen LogP contribution in [0.4, 0.5) is 11.5 Å². The molecule has 0 aliphatic carbocycles. The van der Waals surface area contributed by atoms with E-state index in [1.807, 2.05) is 60.9 Å². The first kappa shape index (κ1) is 29.6. The van der Waals surface area contributed by atoms with E-state index in [1.165, 1.54) is 5.69 Å². The van der Waals surface area contributed by atoms with Crippen LogP contribution < -0.4 is 9.80 Å². The van der Waals surface area contributed by atoms with E-state index in [2.05, 4.69) is 61.1 Å². The molecule has 234 valence electrons. The summed E-state index contributed by atoms with van der Waals surface area (Å²) in [4.78, 5) is 44.5. The quantitative estimate of drug-likeness (QED) is 0.253. The van der Waals surface area contributed by atoms with E-state index < -0.39 is 0 Å². The number of aryl methyl sites for hydroxylation is 1. The first-order valence-electron chi connectivity index (χ1n) is 15.8. The molecular weight excluding hydrogens is 576 g/mol. The van der Waals surface area contributed by atoms with Crippen LogP contribution in [0.15, 0.2) is 85.5 Å². The van der Waals surface area contributed by atoms with Gasteiger partial charge < -0.3 is 19.6 Å². The zero-order valence-electron chi connectivity index (χ0n) is 26.3. The molecule has 7 rings (SSSR count). The molecular formula is C36H38N8O2. The van der Waals surface area contributed by atoms with Crippen molar-refractivity contribution in [2.75, 3.05) is 69.2 Å². The van der Waals surface area contributed by atoms with Gasteiger partial charge in [-0.15, -0.1) is 0 Å². The van der Waals surface area contributed by atoms with Crippen molar-refractivity contribution >= 4 is 34.0 Å². The molecule has 0 atom stereocenters. The fourth-order valence-corrected chi connectivity index (χ4v) is 6.27. The highest BCUT2D eigenvalue weighted by atomic mass is 16.2. The molecule has 0 unspecified atom stereocenters. The lowest BCUT2D eigenvalue weighted by Gasteiger charge is -2.36. The smallest absolute Gasteiger partial charge is 0.253 e. The maximum atomic E-state index is 13.4. The number of carbonyl (C=O) groups is 2. The van der Waals surface area contributed by atoms with Gasteiger partial charge in [0.25, 0.3) is 5.91 Å². The maximum absolute atomic E-state index is 13.4. The first-order valence-corrected chi connectivity index (χ1v) is 15.8. The van der Waals surface area contributed by atoms with E-state index in [9.17, 15) is 9.59 Å². The Morgan fingerprint density at radius 2 is 1.46 bits per heavy atom. The largest absolute Gasteiger partial charge is 0.369 e. The van der Waals surface area contributed by atoms with Crippen molar-refractivity contribution in [1.29, 1.82) is 0 Å². The molecule has 2 aliphatic heterocycles. The fourth-order valence-electron chi connectivity index (χ4n) is 6.27. The van der Waals surface area contributed by atoms with Gasteiger partial charge in [-0.3, -0.25) is 19.3 Å². The number of pyridine rings is 2. The Balaban J connectivity index is 0.967. The van der Waals surface area contributed by atoms with Gasteiger partial charge in [0, 0.05) is 111 Å². The predicted octanol–water partition coefficient (Wildman–Crippen LogP) is 4.17. The lowest BCUT2D eigenvalue weighted by atomic mass is 10.0. The van der Waals surface area contributed by atoms with Gasteiger partial charge in [-0.05, 0) is 66.5 Å². The van der Waals surface area contributed by atoms with Crippen LogP contribution in [0.3, 0.4) is 0 Å². The molecule has 2 saturated heterocycles. The summed E-state index contributed by atoms with van der Waals surface area (Å²) in [7, 11) is 4.05. The Bertz CT molecular complexity index is 1870. The van der Waals surface area contributed by atoms with Gasteiger partial charge in [-0.25, -0.2) is 4.98 Å². The van der Waals surface area contributed by atoms with Crippen molar-refractivity contribution in [3.8, 4) is 11.1 Å². The molecule has 0 saturated carbocycles. The third kappa shape index (κ3) is 6.34. The van der Waals surface area contributed by atoms with Gasteiger partial charge in [-0.1, -0.05) is 12.1 Å². The minimum absolute atomic E-state index is 0.00671. The van der Waals surface area contributed by atoms with Gasteiger partial charge in [0.2, 0.25) is 0 Å². The van der Waals surface area contributed by atoms with Crippen LogP contribution in [0.5, 0.6) is 0 Å². The summed E-state index contributed by atoms with van der Waals surface area (Å²) in [5.74, 6) is 0.798. The van der Waals surface area contributed by atoms with E-state index in [-0.39, 0.29) is 18.1 Å². The minimum Gasteiger partial charge on any atom is -0.369 e. The van der Waals surface area contributed by atoms with Crippen molar-refractivity contribution in [1.82, 2.24) is 29.5 Å². The first-order chi connectivity index (χ1) is 22.4. The molecule has 0 bridgehead atoms. The van der Waals surface area contributed by atoms with E-state index >= 15 is 0 Å². The maximum Gasteiger partial charge on any atom is 0.253 e. The van der Waals surface area contributed by atoms with Crippen LogP contribution in [-0.2, 0) is 13.5 Å². The Labute approximate surface area is 268 Å². The molecule has 1 amide bonds. The highest BCUT2D eigenvalue weighted by molar-refractivity contribution is 5.98. The summed E-state index contributed by atoms with van der Waals surface area (Å²) in [5.41, 5.74) is 5.33. The van der Waals surface area contributed by atoms with Crippen molar-refractivity contribution in [3.63, 3.8) is 0 Å². The number of benzene rings is 2. The third-order valence-corrected chi connectivity index (χ3v) is 9.10. The highest BCUT2D eigenvalue weighted by Crippen LogP contribution is 2.25. The molecule has 0 radical (unpaired) electrons. The van der Waals surface area contributed by atoms with Crippen LogP contribution in [-0.4, -0.2) is 101 Å². The lowest BCUT2D eigenvalue weighted by molar-refractivity contribution is 0.0746. The molecule has 5 heterocycles. The monoisotopic (exact) mass is 614 g/mol. The number of nitrogens with zero attached hydrogens (tertiary/aromatic N) is 8. The van der Waals surface area contributed by atoms with Crippen molar-refractivity contribution in [3.05, 3.63) is 102 Å². The van der Waals surface area contributed by atoms with Gasteiger partial charge in [0.1, 0.15) is 5.82 Å². The van der Waals surface area contributed by atoms with Crippen LogP contribution >= 0.6 is 0 Å². The highest BCUT2D eigenvalue weighted by Gasteiger charge is 2.24. The third-order valence-electron chi connectivity index (χ3n) is 9.10. The number of amides is 1. The second-order valence-electron chi connectivity index (χ2n) is 12.3. The molecule has 2 aliphatic rings. The van der Waals surface area contributed by atoms with Gasteiger partial charge in [-0.2, -0.15) is 5.10 Å². The summed E-state index contributed by atoms with van der Waals surface area (Å²) in [5, 5.41) is 6.34. The number of hydrogen-bond donors (Lipinski definition) is 0. The van der Waals surface area contributed by atoms with E-state index in [0.717, 1.165) is 59.6 Å². The number of fused-ring (bicyclic) bond motifs is 1. The number of carbonyl (C=O) groups excluding carboxylic acids is 2. The van der Waals surface area contributed by atoms with E-state index in [4.69, 9.17) is 0 Å². The second-order valence-corrected chi connectivity index (χ2v) is 12.3. The number of Topliss-reactive ketones (excluding diaryl/α,β-unsaturated/α-hetero) is 1. The molecule has 2 fully saturated rings. The molecule has 10 nitrogen and oxygen atoms in total. The standard InChI is InChI=1S/C36H38N8O2/c1-40-11-13-42(14-12-40)33-7-5-26(6-8-33)36(46)44-17-15-43(16-18-44)35-21-28(9-10-37-35)34(45)22-32-20-30-19-27(3-4-29(30)23-38-32)31-24-39-41(2)25-31/h3-10,19-21,23-25H,11-18,22H2,1-2H3. The summed E-state index contributed by atoms with van der Waals surface area (Å²) in [6, 6.07) is 19.9. The van der Waals surface area contributed by atoms with Crippen LogP contribution in [0.1, 0.15) is 26.4 Å². The molecule has 10 heteroatoms. The number of aromatic nitrogens is 4. The Morgan fingerprint density at radius 1 is 0.696 bits per heavy atom. The number of anilines is 2. The van der Waals surface area contributed by atoms with Crippen LogP contribution in [0.2, 0.25) is 0 Å². The Kier molecular flexibility index (Phi) is 8.19. The summed E-state index contributed by atoms with van der Waals surface area (Å²) >= 11 is 0. The number of rotatable bonds is 7. The average Bonchev–Trinajstić information content (AvgIpc) is 3.54. The van der Waals surface area contributed by atoms with Crippen LogP contribution in [0.25, 0.3) is 21.9 Å². The molecule has 0 N–H and O–H groups in total. The molecule has 3 aromatic heterocycles. The lowest BCUT2D eigenvalue weighted by Crippen LogP contribution is -2.49. The van der Waals surface area contributed by atoms with E-state index in [1.54, 1.807) is 16.9 Å². The number of piperazine rings is 2. The van der Waals surface area contributed by atoms with Crippen molar-refractivity contribution < 1.29 is 9.59 Å². The average molecular weight is 615 g/mol. The van der Waals surface area contributed by atoms with Gasteiger partial charge in [0.15, 0.2) is 5.78 Å². The Morgan fingerprint density at radius 3 is 2.20 bits per heavy atom. The number of ketones is 1. The van der Waals surface area contributed by atoms with Crippen molar-refractivity contribution in [2.24, 2.45) is 7.05 Å². The van der Waals surface area contributed by atoms with Crippen molar-refractivity contribution in [2.45, 2.75) is 6.42 Å². The fraction of sp³-hybridized carbons (Fsp3) is 0.306. The molecule has 46 heavy (non-hydrogen) atoms. The molecule has 0 spiro atoms. The second kappa shape index (κ2) is 12.7. The topological polar surface area (TPSA) is 90.7 Å². The normalized spacial score (nSPS) is 15.8. The van der Waals surface area contributed by atoms with Crippen LogP contribution in [0, 0.1) is 0 Å². The number of likely N-dealkylation sites (N-methyl/N-ethyl adjacent to an activating group) is 1.